The summed E-state index contributed by atoms with van der Waals surface area (Å²) in [6, 6.07) is 7.32. The Morgan fingerprint density at radius 3 is 3.08 bits per heavy atom. The molecule has 0 saturated heterocycles. The average molecular weight is 343 g/mol. The van der Waals surface area contributed by atoms with Crippen molar-refractivity contribution in [1.82, 2.24) is 15.1 Å². The van der Waals surface area contributed by atoms with Crippen LogP contribution in [0.25, 0.3) is 10.1 Å². The Kier molecular flexibility index (Phi) is 3.66. The second kappa shape index (κ2) is 5.97. The van der Waals surface area contributed by atoms with E-state index in [1.165, 1.54) is 16.0 Å². The standard InChI is InChI=1S/C16H13N3O4S/c20-14(8-19-16(21)15-11(7-18-19)3-4-24-15)17-6-10-1-2-12-13(5-10)23-9-22-12/h1-5,7H,6,8-9H2,(H,17,20). The lowest BCUT2D eigenvalue weighted by Crippen LogP contribution is -2.33. The third kappa shape index (κ3) is 2.71. The number of rotatable bonds is 4. The number of benzene rings is 1. The molecular weight excluding hydrogens is 330 g/mol. The predicted octanol–water partition coefficient (Wildman–Crippen LogP) is 1.50. The molecule has 1 N–H and O–H groups in total. The van der Waals surface area contributed by atoms with E-state index < -0.39 is 0 Å². The molecule has 0 aliphatic carbocycles. The van der Waals surface area contributed by atoms with Gasteiger partial charge in [0.1, 0.15) is 11.2 Å². The number of thiophene rings is 1. The van der Waals surface area contributed by atoms with Crippen LogP contribution < -0.4 is 20.3 Å². The number of carbonyl (C=O) groups is 1. The molecule has 0 spiro atoms. The van der Waals surface area contributed by atoms with Crippen molar-refractivity contribution in [2.45, 2.75) is 13.1 Å². The minimum Gasteiger partial charge on any atom is -0.454 e. The molecule has 0 saturated carbocycles. The monoisotopic (exact) mass is 343 g/mol. The maximum atomic E-state index is 12.2. The van der Waals surface area contributed by atoms with Gasteiger partial charge < -0.3 is 14.8 Å². The van der Waals surface area contributed by atoms with E-state index in [0.29, 0.717) is 22.7 Å². The van der Waals surface area contributed by atoms with Crippen molar-refractivity contribution in [2.75, 3.05) is 6.79 Å². The Morgan fingerprint density at radius 2 is 2.17 bits per heavy atom. The van der Waals surface area contributed by atoms with Crippen LogP contribution in [0.3, 0.4) is 0 Å². The highest BCUT2D eigenvalue weighted by atomic mass is 32.1. The first kappa shape index (κ1) is 14.7. The Labute approximate surface area is 140 Å². The third-order valence-corrected chi connectivity index (χ3v) is 4.60. The fraction of sp³-hybridized carbons (Fsp3) is 0.188. The summed E-state index contributed by atoms with van der Waals surface area (Å²) < 4.78 is 12.3. The van der Waals surface area contributed by atoms with Crippen LogP contribution in [0.5, 0.6) is 11.5 Å². The highest BCUT2D eigenvalue weighted by Crippen LogP contribution is 2.32. The fourth-order valence-electron chi connectivity index (χ4n) is 2.45. The summed E-state index contributed by atoms with van der Waals surface area (Å²) in [4.78, 5) is 24.3. The molecule has 0 unspecified atom stereocenters. The zero-order valence-corrected chi connectivity index (χ0v) is 13.3. The van der Waals surface area contributed by atoms with Crippen LogP contribution >= 0.6 is 11.3 Å². The lowest BCUT2D eigenvalue weighted by atomic mass is 10.2. The van der Waals surface area contributed by atoms with E-state index >= 15 is 0 Å². The van der Waals surface area contributed by atoms with Crippen LogP contribution in [0, 0.1) is 0 Å². The smallest absolute Gasteiger partial charge is 0.285 e. The Balaban J connectivity index is 1.43. The molecule has 3 aromatic rings. The highest BCUT2D eigenvalue weighted by Gasteiger charge is 2.14. The van der Waals surface area contributed by atoms with E-state index in [1.807, 2.05) is 23.6 Å². The SMILES string of the molecule is O=C(Cn1ncc2ccsc2c1=O)NCc1ccc2c(c1)OCO2. The van der Waals surface area contributed by atoms with E-state index in [4.69, 9.17) is 9.47 Å². The van der Waals surface area contributed by atoms with Crippen molar-refractivity contribution >= 4 is 27.3 Å². The molecule has 24 heavy (non-hydrogen) atoms. The van der Waals surface area contributed by atoms with Crippen LogP contribution in [0.2, 0.25) is 0 Å². The summed E-state index contributed by atoms with van der Waals surface area (Å²) in [6.07, 6.45) is 1.60. The highest BCUT2D eigenvalue weighted by molar-refractivity contribution is 7.17. The van der Waals surface area contributed by atoms with E-state index in [-0.39, 0.29) is 24.8 Å². The van der Waals surface area contributed by atoms with Gasteiger partial charge in [-0.05, 0) is 29.1 Å². The van der Waals surface area contributed by atoms with Crippen LogP contribution in [-0.4, -0.2) is 22.5 Å². The first-order valence-corrected chi connectivity index (χ1v) is 8.17. The molecule has 3 heterocycles. The number of nitrogens with zero attached hydrogens (tertiary/aromatic N) is 2. The number of hydrogen-bond donors (Lipinski definition) is 1. The summed E-state index contributed by atoms with van der Waals surface area (Å²) in [7, 11) is 0. The largest absolute Gasteiger partial charge is 0.454 e. The first-order valence-electron chi connectivity index (χ1n) is 7.29. The lowest BCUT2D eigenvalue weighted by Gasteiger charge is -2.07. The van der Waals surface area contributed by atoms with Gasteiger partial charge >= 0.3 is 0 Å². The summed E-state index contributed by atoms with van der Waals surface area (Å²) >= 11 is 1.35. The van der Waals surface area contributed by atoms with Gasteiger partial charge in [0.2, 0.25) is 12.7 Å². The Hall–Kier alpha value is -2.87. The van der Waals surface area contributed by atoms with Crippen molar-refractivity contribution in [2.24, 2.45) is 0 Å². The maximum Gasteiger partial charge on any atom is 0.285 e. The fourth-order valence-corrected chi connectivity index (χ4v) is 3.27. The van der Waals surface area contributed by atoms with Crippen LogP contribution in [-0.2, 0) is 17.9 Å². The summed E-state index contributed by atoms with van der Waals surface area (Å²) in [5.41, 5.74) is 0.641. The van der Waals surface area contributed by atoms with Crippen LogP contribution in [0.4, 0.5) is 0 Å². The molecule has 0 atom stereocenters. The topological polar surface area (TPSA) is 82.5 Å². The Bertz CT molecular complexity index is 979. The number of ether oxygens (including phenoxy) is 2. The van der Waals surface area contributed by atoms with Crippen LogP contribution in [0.1, 0.15) is 5.56 Å². The zero-order valence-electron chi connectivity index (χ0n) is 12.5. The first-order chi connectivity index (χ1) is 11.7. The van der Waals surface area contributed by atoms with Gasteiger partial charge in [0.05, 0.1) is 6.20 Å². The maximum absolute atomic E-state index is 12.2. The van der Waals surface area contributed by atoms with Gasteiger partial charge in [-0.15, -0.1) is 11.3 Å². The number of carbonyl (C=O) groups excluding carboxylic acids is 1. The van der Waals surface area contributed by atoms with Crippen molar-refractivity contribution in [3.05, 3.63) is 51.8 Å². The van der Waals surface area contributed by atoms with Gasteiger partial charge in [0, 0.05) is 11.9 Å². The van der Waals surface area contributed by atoms with E-state index in [1.54, 1.807) is 12.3 Å². The van der Waals surface area contributed by atoms with E-state index in [0.717, 1.165) is 10.9 Å². The van der Waals surface area contributed by atoms with Crippen molar-refractivity contribution in [3.63, 3.8) is 0 Å². The summed E-state index contributed by atoms with van der Waals surface area (Å²) in [5, 5.41) is 9.44. The number of hydrogen-bond acceptors (Lipinski definition) is 6. The molecule has 1 aromatic carbocycles. The van der Waals surface area contributed by atoms with E-state index in [2.05, 4.69) is 10.4 Å². The summed E-state index contributed by atoms with van der Waals surface area (Å²) in [6.45, 7) is 0.438. The molecule has 122 valence electrons. The van der Waals surface area contributed by atoms with Gasteiger partial charge in [-0.2, -0.15) is 5.10 Å². The molecule has 8 heteroatoms. The second-order valence-corrected chi connectivity index (χ2v) is 6.19. The number of amides is 1. The minimum absolute atomic E-state index is 0.114. The lowest BCUT2D eigenvalue weighted by molar-refractivity contribution is -0.122. The van der Waals surface area contributed by atoms with Crippen LogP contribution in [0.15, 0.2) is 40.6 Å². The van der Waals surface area contributed by atoms with Gasteiger partial charge in [-0.3, -0.25) is 9.59 Å². The molecule has 1 amide bonds. The quantitative estimate of drug-likeness (QED) is 0.776. The molecular formula is C16H13N3O4S. The number of aromatic nitrogens is 2. The van der Waals surface area contributed by atoms with Crippen molar-refractivity contribution < 1.29 is 14.3 Å². The molecule has 7 nitrogen and oxygen atoms in total. The molecule has 4 rings (SSSR count). The van der Waals surface area contributed by atoms with E-state index in [9.17, 15) is 9.59 Å². The van der Waals surface area contributed by atoms with Crippen molar-refractivity contribution in [3.8, 4) is 11.5 Å². The molecule has 0 radical (unpaired) electrons. The van der Waals surface area contributed by atoms with Gasteiger partial charge in [-0.1, -0.05) is 6.07 Å². The molecule has 0 fully saturated rings. The molecule has 0 bridgehead atoms. The van der Waals surface area contributed by atoms with Gasteiger partial charge in [0.25, 0.3) is 5.56 Å². The average Bonchev–Trinajstić information content (AvgIpc) is 3.24. The molecule has 1 aliphatic heterocycles. The zero-order chi connectivity index (χ0) is 16.5. The predicted molar refractivity (Wildman–Crippen MR) is 88.3 cm³/mol. The number of nitrogens with one attached hydrogen (secondary N) is 1. The number of fused-ring (bicyclic) bond motifs is 2. The second-order valence-electron chi connectivity index (χ2n) is 5.28. The van der Waals surface area contributed by atoms with Gasteiger partial charge in [0.15, 0.2) is 11.5 Å². The molecule has 2 aromatic heterocycles. The normalized spacial score (nSPS) is 12.5. The van der Waals surface area contributed by atoms with Crippen molar-refractivity contribution in [1.29, 1.82) is 0 Å². The third-order valence-electron chi connectivity index (χ3n) is 3.68. The minimum atomic E-state index is -0.279. The van der Waals surface area contributed by atoms with Gasteiger partial charge in [-0.25, -0.2) is 4.68 Å². The molecule has 1 aliphatic rings. The summed E-state index contributed by atoms with van der Waals surface area (Å²) in [5.74, 6) is 1.09. The Morgan fingerprint density at radius 1 is 1.29 bits per heavy atom.